The van der Waals surface area contributed by atoms with E-state index in [9.17, 15) is 17.6 Å². The number of amides is 1. The maximum atomic E-state index is 13.7. The fourth-order valence-electron chi connectivity index (χ4n) is 3.06. The monoisotopic (exact) mass is 422 g/mol. The Kier molecular flexibility index (Phi) is 8.31. The Balaban J connectivity index is 1.88. The van der Waals surface area contributed by atoms with Crippen molar-refractivity contribution in [2.24, 2.45) is 0 Å². The van der Waals surface area contributed by atoms with Gasteiger partial charge in [0.2, 0.25) is 10.0 Å². The topological polar surface area (TPSA) is 70.9 Å². The number of carbonyl (C=O) groups excluding carboxylic acids is 1. The molecular formula is C21H29FN3O3S+. The molecular weight excluding hydrogens is 393 g/mol. The number of likely N-dealkylation sites (N-methyl/N-ethyl adjacent to an activating group) is 1. The van der Waals surface area contributed by atoms with Crippen LogP contribution in [0.5, 0.6) is 0 Å². The quantitative estimate of drug-likeness (QED) is 0.604. The Hall–Kier alpha value is -2.29. The molecule has 0 heterocycles. The third kappa shape index (κ3) is 6.35. The van der Waals surface area contributed by atoms with Crippen LogP contribution in [-0.2, 0) is 27.9 Å². The zero-order valence-corrected chi connectivity index (χ0v) is 17.9. The maximum absolute atomic E-state index is 13.7. The van der Waals surface area contributed by atoms with Crippen molar-refractivity contribution >= 4 is 15.9 Å². The zero-order chi connectivity index (χ0) is 21.4. The number of halogens is 1. The van der Waals surface area contributed by atoms with Gasteiger partial charge in [-0.05, 0) is 23.8 Å². The van der Waals surface area contributed by atoms with Gasteiger partial charge >= 0.3 is 0 Å². The van der Waals surface area contributed by atoms with Crippen molar-refractivity contribution in [2.45, 2.75) is 31.8 Å². The number of carbonyl (C=O) groups is 1. The minimum absolute atomic E-state index is 0.154. The molecule has 2 N–H and O–H groups in total. The molecule has 0 bridgehead atoms. The molecule has 0 saturated carbocycles. The van der Waals surface area contributed by atoms with Gasteiger partial charge in [-0.15, -0.1) is 0 Å². The predicted molar refractivity (Wildman–Crippen MR) is 110 cm³/mol. The van der Waals surface area contributed by atoms with Crippen molar-refractivity contribution in [3.63, 3.8) is 0 Å². The Bertz CT molecular complexity index is 913. The molecule has 158 valence electrons. The summed E-state index contributed by atoms with van der Waals surface area (Å²) in [5.41, 5.74) is 1.38. The molecule has 0 aromatic heterocycles. The first-order valence-corrected chi connectivity index (χ1v) is 11.1. The van der Waals surface area contributed by atoms with Gasteiger partial charge in [0.05, 0.1) is 11.9 Å². The standard InChI is InChI=1S/C21H28FN3O3S/c1-4-25(5-2)29(27,28)19-12-10-17(11-13-19)14-23-21(26)16-24(3)15-18-8-6-7-9-20(18)22/h6-13H,4-5,14-16H2,1-3H3,(H,23,26)/p+1. The second-order valence-corrected chi connectivity index (χ2v) is 8.85. The Morgan fingerprint density at radius 1 is 1.07 bits per heavy atom. The molecule has 0 aliphatic rings. The lowest BCUT2D eigenvalue weighted by atomic mass is 10.2. The van der Waals surface area contributed by atoms with E-state index in [0.29, 0.717) is 31.7 Å². The van der Waals surface area contributed by atoms with Gasteiger partial charge in [-0.25, -0.2) is 12.8 Å². The molecule has 0 radical (unpaired) electrons. The highest BCUT2D eigenvalue weighted by atomic mass is 32.2. The van der Waals surface area contributed by atoms with Crippen molar-refractivity contribution in [1.29, 1.82) is 0 Å². The predicted octanol–water partition coefficient (Wildman–Crippen LogP) is 1.19. The van der Waals surface area contributed by atoms with Crippen molar-refractivity contribution in [3.8, 4) is 0 Å². The highest BCUT2D eigenvalue weighted by molar-refractivity contribution is 7.89. The van der Waals surface area contributed by atoms with Crippen LogP contribution in [0, 0.1) is 5.82 Å². The van der Waals surface area contributed by atoms with E-state index in [0.717, 1.165) is 10.5 Å². The molecule has 0 saturated heterocycles. The van der Waals surface area contributed by atoms with Crippen LogP contribution in [0.4, 0.5) is 4.39 Å². The molecule has 1 atom stereocenters. The summed E-state index contributed by atoms with van der Waals surface area (Å²) >= 11 is 0. The van der Waals surface area contributed by atoms with E-state index >= 15 is 0 Å². The van der Waals surface area contributed by atoms with Crippen LogP contribution in [0.25, 0.3) is 0 Å². The smallest absolute Gasteiger partial charge is 0.275 e. The number of rotatable bonds is 10. The van der Waals surface area contributed by atoms with Gasteiger partial charge in [-0.2, -0.15) is 4.31 Å². The molecule has 2 aromatic carbocycles. The van der Waals surface area contributed by atoms with Crippen molar-refractivity contribution in [1.82, 2.24) is 9.62 Å². The first kappa shape index (κ1) is 23.0. The number of nitrogens with zero attached hydrogens (tertiary/aromatic N) is 1. The molecule has 8 heteroatoms. The van der Waals surface area contributed by atoms with E-state index in [-0.39, 0.29) is 23.2 Å². The van der Waals surface area contributed by atoms with Crippen molar-refractivity contribution in [3.05, 3.63) is 65.5 Å². The molecule has 0 aliphatic carbocycles. The second kappa shape index (κ2) is 10.5. The summed E-state index contributed by atoms with van der Waals surface area (Å²) in [6.07, 6.45) is 0. The van der Waals surface area contributed by atoms with E-state index in [4.69, 9.17) is 0 Å². The van der Waals surface area contributed by atoms with E-state index in [1.165, 1.54) is 10.4 Å². The van der Waals surface area contributed by atoms with Crippen LogP contribution < -0.4 is 10.2 Å². The first-order chi connectivity index (χ1) is 13.8. The van der Waals surface area contributed by atoms with Crippen LogP contribution in [0.2, 0.25) is 0 Å². The van der Waals surface area contributed by atoms with Gasteiger partial charge in [0, 0.05) is 25.2 Å². The Morgan fingerprint density at radius 2 is 1.69 bits per heavy atom. The van der Waals surface area contributed by atoms with Crippen LogP contribution in [0.1, 0.15) is 25.0 Å². The van der Waals surface area contributed by atoms with Gasteiger partial charge in [0.1, 0.15) is 12.4 Å². The lowest BCUT2D eigenvalue weighted by Crippen LogP contribution is -3.09. The Labute approximate surface area is 172 Å². The molecule has 2 rings (SSSR count). The Morgan fingerprint density at radius 3 is 2.28 bits per heavy atom. The van der Waals surface area contributed by atoms with E-state index < -0.39 is 10.0 Å². The van der Waals surface area contributed by atoms with Crippen LogP contribution in [0.15, 0.2) is 53.4 Å². The summed E-state index contributed by atoms with van der Waals surface area (Å²) in [7, 11) is -1.65. The zero-order valence-electron chi connectivity index (χ0n) is 17.1. The minimum atomic E-state index is -3.49. The number of sulfonamides is 1. The van der Waals surface area contributed by atoms with Gasteiger partial charge in [-0.3, -0.25) is 4.79 Å². The molecule has 1 amide bonds. The van der Waals surface area contributed by atoms with Gasteiger partial charge in [-0.1, -0.05) is 44.2 Å². The largest absolute Gasteiger partial charge is 0.347 e. The molecule has 0 spiro atoms. The first-order valence-electron chi connectivity index (χ1n) is 9.68. The molecule has 0 aliphatic heterocycles. The van der Waals surface area contributed by atoms with Gasteiger partial charge in [0.15, 0.2) is 6.54 Å². The van der Waals surface area contributed by atoms with Gasteiger partial charge < -0.3 is 10.2 Å². The number of nitrogens with one attached hydrogen (secondary N) is 2. The second-order valence-electron chi connectivity index (χ2n) is 6.91. The highest BCUT2D eigenvalue weighted by Crippen LogP contribution is 2.16. The normalized spacial score (nSPS) is 12.7. The SMILES string of the molecule is CCN(CC)S(=O)(=O)c1ccc(CNC(=O)C[NH+](C)Cc2ccccc2F)cc1. The number of quaternary nitrogens is 1. The molecule has 6 nitrogen and oxygen atoms in total. The maximum Gasteiger partial charge on any atom is 0.275 e. The molecule has 1 unspecified atom stereocenters. The van der Waals surface area contributed by atoms with Crippen LogP contribution >= 0.6 is 0 Å². The number of hydrogen-bond acceptors (Lipinski definition) is 3. The van der Waals surface area contributed by atoms with Crippen LogP contribution in [-0.4, -0.2) is 45.3 Å². The summed E-state index contributed by atoms with van der Waals surface area (Å²) in [6.45, 7) is 5.36. The molecule has 29 heavy (non-hydrogen) atoms. The summed E-state index contributed by atoms with van der Waals surface area (Å²) in [4.78, 5) is 13.3. The minimum Gasteiger partial charge on any atom is -0.347 e. The summed E-state index contributed by atoms with van der Waals surface area (Å²) in [5.74, 6) is -0.425. The molecule has 2 aromatic rings. The average molecular weight is 423 g/mol. The fourth-order valence-corrected chi connectivity index (χ4v) is 4.52. The van der Waals surface area contributed by atoms with Gasteiger partial charge in [0.25, 0.3) is 5.91 Å². The van der Waals surface area contributed by atoms with E-state index in [1.54, 1.807) is 56.3 Å². The third-order valence-electron chi connectivity index (χ3n) is 4.67. The summed E-state index contributed by atoms with van der Waals surface area (Å²) < 4.78 is 40.1. The van der Waals surface area contributed by atoms with Crippen molar-refractivity contribution < 1.29 is 22.5 Å². The molecule has 0 fully saturated rings. The number of benzene rings is 2. The lowest BCUT2D eigenvalue weighted by Gasteiger charge is -2.18. The fraction of sp³-hybridized carbons (Fsp3) is 0.381. The summed E-state index contributed by atoms with van der Waals surface area (Å²) in [6, 6.07) is 13.1. The average Bonchev–Trinajstić information content (AvgIpc) is 2.69. The van der Waals surface area contributed by atoms with Crippen molar-refractivity contribution in [2.75, 3.05) is 26.7 Å². The van der Waals surface area contributed by atoms with Crippen LogP contribution in [0.3, 0.4) is 0 Å². The van der Waals surface area contributed by atoms with E-state index in [2.05, 4.69) is 5.32 Å². The third-order valence-corrected chi connectivity index (χ3v) is 6.73. The number of hydrogen-bond donors (Lipinski definition) is 2. The van der Waals surface area contributed by atoms with E-state index in [1.807, 2.05) is 7.05 Å². The summed E-state index contributed by atoms with van der Waals surface area (Å²) in [5, 5.41) is 2.82. The lowest BCUT2D eigenvalue weighted by molar-refractivity contribution is -0.885. The highest BCUT2D eigenvalue weighted by Gasteiger charge is 2.21.